The topological polar surface area (TPSA) is 52.9 Å². The van der Waals surface area contributed by atoms with Crippen molar-refractivity contribution in [1.82, 2.24) is 5.32 Å². The van der Waals surface area contributed by atoms with Crippen molar-refractivity contribution in [1.29, 1.82) is 5.26 Å². The second kappa shape index (κ2) is 1.83. The summed E-state index contributed by atoms with van der Waals surface area (Å²) >= 11 is 0. The predicted octanol–water partition coefficient (Wildman–Crippen LogP) is -0.211. The molecule has 3 heteroatoms. The molecular weight excluding hydrogens is 104 g/mol. The second-order valence-corrected chi connectivity index (χ2v) is 1.79. The molecule has 1 rings (SSSR count). The van der Waals surface area contributed by atoms with E-state index in [4.69, 9.17) is 5.26 Å². The highest BCUT2D eigenvalue weighted by atomic mass is 16.1. The molecule has 0 spiro atoms. The Morgan fingerprint density at radius 1 is 1.88 bits per heavy atom. The van der Waals surface area contributed by atoms with Crippen LogP contribution in [0.15, 0.2) is 0 Å². The van der Waals surface area contributed by atoms with Crippen molar-refractivity contribution < 1.29 is 4.79 Å². The Labute approximate surface area is 47.3 Å². The lowest BCUT2D eigenvalue weighted by atomic mass is 10.2. The summed E-state index contributed by atoms with van der Waals surface area (Å²) < 4.78 is 0. The third-order valence-electron chi connectivity index (χ3n) is 1.15. The quantitative estimate of drug-likeness (QED) is 0.469. The van der Waals surface area contributed by atoms with E-state index < -0.39 is 0 Å². The van der Waals surface area contributed by atoms with Gasteiger partial charge in [0, 0.05) is 6.42 Å². The minimum absolute atomic E-state index is 0.00319. The number of nitrogens with one attached hydrogen (secondary N) is 1. The fraction of sp³-hybridized carbons (Fsp3) is 0.600. The zero-order valence-electron chi connectivity index (χ0n) is 4.35. The van der Waals surface area contributed by atoms with Crippen molar-refractivity contribution >= 4 is 5.91 Å². The van der Waals surface area contributed by atoms with Gasteiger partial charge in [0.15, 0.2) is 0 Å². The summed E-state index contributed by atoms with van der Waals surface area (Å²) in [6, 6.07) is 1.74. The summed E-state index contributed by atoms with van der Waals surface area (Å²) in [5.74, 6) is -0.00319. The predicted molar refractivity (Wildman–Crippen MR) is 26.8 cm³/mol. The van der Waals surface area contributed by atoms with Crippen LogP contribution in [0.2, 0.25) is 0 Å². The molecule has 1 fully saturated rings. The maximum Gasteiger partial charge on any atom is 0.221 e. The zero-order valence-corrected chi connectivity index (χ0v) is 4.35. The third kappa shape index (κ3) is 0.784. The Morgan fingerprint density at radius 3 is 2.88 bits per heavy atom. The highest BCUT2D eigenvalue weighted by molar-refractivity contribution is 5.78. The molecule has 1 aliphatic heterocycles. The van der Waals surface area contributed by atoms with E-state index in [1.54, 1.807) is 0 Å². The van der Waals surface area contributed by atoms with Gasteiger partial charge in [-0.05, 0) is 6.42 Å². The van der Waals surface area contributed by atoms with Gasteiger partial charge in [0.1, 0.15) is 6.04 Å². The van der Waals surface area contributed by atoms with Crippen LogP contribution in [-0.2, 0) is 4.79 Å². The first-order valence-electron chi connectivity index (χ1n) is 2.52. The minimum atomic E-state index is -0.220. The molecule has 8 heavy (non-hydrogen) atoms. The van der Waals surface area contributed by atoms with E-state index in [0.717, 1.165) is 0 Å². The van der Waals surface area contributed by atoms with E-state index in [2.05, 4.69) is 5.32 Å². The molecule has 1 aliphatic rings. The van der Waals surface area contributed by atoms with Gasteiger partial charge in [-0.1, -0.05) is 0 Å². The summed E-state index contributed by atoms with van der Waals surface area (Å²) in [6.07, 6.45) is 1.19. The Bertz CT molecular complexity index is 147. The largest absolute Gasteiger partial charge is 0.340 e. The number of carbonyl (C=O) groups excluding carboxylic acids is 1. The van der Waals surface area contributed by atoms with Crippen molar-refractivity contribution in [3.05, 3.63) is 0 Å². The molecule has 0 radical (unpaired) electrons. The van der Waals surface area contributed by atoms with Gasteiger partial charge in [0.2, 0.25) is 5.91 Å². The minimum Gasteiger partial charge on any atom is -0.340 e. The van der Waals surface area contributed by atoms with E-state index in [-0.39, 0.29) is 11.9 Å². The SMILES string of the molecule is N#C[C@@H]1CCC(=O)N1. The molecule has 1 atom stereocenters. The molecule has 1 saturated heterocycles. The van der Waals surface area contributed by atoms with Gasteiger partial charge in [-0.3, -0.25) is 4.79 Å². The lowest BCUT2D eigenvalue weighted by molar-refractivity contribution is -0.119. The molecule has 0 aromatic heterocycles. The third-order valence-corrected chi connectivity index (χ3v) is 1.15. The van der Waals surface area contributed by atoms with Gasteiger partial charge in [-0.2, -0.15) is 5.26 Å². The summed E-state index contributed by atoms with van der Waals surface area (Å²) in [5, 5.41) is 10.7. The van der Waals surface area contributed by atoms with Crippen LogP contribution >= 0.6 is 0 Å². The average Bonchev–Trinajstić information content (AvgIpc) is 2.14. The van der Waals surface area contributed by atoms with Crippen LogP contribution in [0.4, 0.5) is 0 Å². The lowest BCUT2D eigenvalue weighted by Gasteiger charge is -1.92. The van der Waals surface area contributed by atoms with Crippen molar-refractivity contribution in [2.24, 2.45) is 0 Å². The van der Waals surface area contributed by atoms with Crippen LogP contribution in [0.5, 0.6) is 0 Å². The van der Waals surface area contributed by atoms with Crippen molar-refractivity contribution in [3.8, 4) is 6.07 Å². The Kier molecular flexibility index (Phi) is 1.17. The normalized spacial score (nSPS) is 26.9. The van der Waals surface area contributed by atoms with Gasteiger partial charge in [0.25, 0.3) is 0 Å². The van der Waals surface area contributed by atoms with Gasteiger partial charge in [-0.25, -0.2) is 0 Å². The van der Waals surface area contributed by atoms with Crippen molar-refractivity contribution in [2.45, 2.75) is 18.9 Å². The van der Waals surface area contributed by atoms with Crippen LogP contribution in [0, 0.1) is 11.3 Å². The van der Waals surface area contributed by atoms with Gasteiger partial charge < -0.3 is 5.32 Å². The van der Waals surface area contributed by atoms with E-state index in [1.807, 2.05) is 6.07 Å². The molecule has 0 saturated carbocycles. The van der Waals surface area contributed by atoms with Gasteiger partial charge in [0.05, 0.1) is 6.07 Å². The monoisotopic (exact) mass is 110 g/mol. The standard InChI is InChI=1S/C5H6N2O/c6-3-4-1-2-5(8)7-4/h4H,1-2H2,(H,7,8)/t4-/m0/s1. The Hall–Kier alpha value is -1.04. The molecule has 1 N–H and O–H groups in total. The molecule has 0 aromatic rings. The summed E-state index contributed by atoms with van der Waals surface area (Å²) in [5.41, 5.74) is 0. The molecule has 1 heterocycles. The molecule has 0 unspecified atom stereocenters. The lowest BCUT2D eigenvalue weighted by Crippen LogP contribution is -2.23. The fourth-order valence-corrected chi connectivity index (χ4v) is 0.711. The highest BCUT2D eigenvalue weighted by Crippen LogP contribution is 2.03. The summed E-state index contributed by atoms with van der Waals surface area (Å²) in [4.78, 5) is 10.4. The van der Waals surface area contributed by atoms with Crippen LogP contribution < -0.4 is 5.32 Å². The number of nitrogens with zero attached hydrogens (tertiary/aromatic N) is 1. The smallest absolute Gasteiger partial charge is 0.221 e. The van der Waals surface area contributed by atoms with Crippen molar-refractivity contribution in [3.63, 3.8) is 0 Å². The zero-order chi connectivity index (χ0) is 5.98. The maximum absolute atomic E-state index is 10.4. The maximum atomic E-state index is 10.4. The number of hydrogen-bond donors (Lipinski definition) is 1. The molecule has 3 nitrogen and oxygen atoms in total. The Balaban J connectivity index is 2.47. The van der Waals surface area contributed by atoms with E-state index in [0.29, 0.717) is 12.8 Å². The molecule has 0 aliphatic carbocycles. The number of nitriles is 1. The van der Waals surface area contributed by atoms with Crippen LogP contribution in [0.1, 0.15) is 12.8 Å². The average molecular weight is 110 g/mol. The van der Waals surface area contributed by atoms with Crippen LogP contribution in [-0.4, -0.2) is 11.9 Å². The number of hydrogen-bond acceptors (Lipinski definition) is 2. The first-order valence-corrected chi connectivity index (χ1v) is 2.52. The molecule has 42 valence electrons. The van der Waals surface area contributed by atoms with E-state index in [9.17, 15) is 4.79 Å². The second-order valence-electron chi connectivity index (χ2n) is 1.79. The first-order chi connectivity index (χ1) is 3.83. The van der Waals surface area contributed by atoms with Gasteiger partial charge in [-0.15, -0.1) is 0 Å². The summed E-state index contributed by atoms with van der Waals surface area (Å²) in [7, 11) is 0. The molecule has 1 amide bonds. The van der Waals surface area contributed by atoms with Crippen LogP contribution in [0.25, 0.3) is 0 Å². The highest BCUT2D eigenvalue weighted by Gasteiger charge is 2.18. The summed E-state index contributed by atoms with van der Waals surface area (Å²) in [6.45, 7) is 0. The van der Waals surface area contributed by atoms with E-state index >= 15 is 0 Å². The van der Waals surface area contributed by atoms with Crippen molar-refractivity contribution in [2.75, 3.05) is 0 Å². The number of rotatable bonds is 0. The molecule has 0 aromatic carbocycles. The van der Waals surface area contributed by atoms with E-state index in [1.165, 1.54) is 0 Å². The number of carbonyl (C=O) groups is 1. The first kappa shape index (κ1) is 5.10. The fourth-order valence-electron chi connectivity index (χ4n) is 0.711. The van der Waals surface area contributed by atoms with Gasteiger partial charge >= 0.3 is 0 Å². The molecule has 0 bridgehead atoms. The number of amides is 1. The molecular formula is C5H6N2O. The Morgan fingerprint density at radius 2 is 2.62 bits per heavy atom. The van der Waals surface area contributed by atoms with Crippen LogP contribution in [0.3, 0.4) is 0 Å².